The van der Waals surface area contributed by atoms with Crippen LogP contribution in [0.1, 0.15) is 47.7 Å². The molecule has 4 aromatic rings. The summed E-state index contributed by atoms with van der Waals surface area (Å²) in [5.41, 5.74) is 0.598. The van der Waals surface area contributed by atoms with Crippen LogP contribution >= 0.6 is 0 Å². The van der Waals surface area contributed by atoms with E-state index in [0.29, 0.717) is 52.7 Å². The van der Waals surface area contributed by atoms with E-state index in [-0.39, 0.29) is 43.1 Å². The van der Waals surface area contributed by atoms with Crippen molar-refractivity contribution in [2.75, 3.05) is 23.0 Å². The minimum absolute atomic E-state index is 0.0817. The molecule has 3 amide bonds. The summed E-state index contributed by atoms with van der Waals surface area (Å²) < 4.78 is 12.9. The molecule has 0 aliphatic carbocycles. The van der Waals surface area contributed by atoms with Crippen molar-refractivity contribution >= 4 is 48.8 Å². The lowest BCUT2D eigenvalue weighted by atomic mass is 9.82. The van der Waals surface area contributed by atoms with E-state index in [1.807, 2.05) is 43.3 Å². The average molecular weight is 763 g/mol. The van der Waals surface area contributed by atoms with Crippen LogP contribution in [-0.4, -0.2) is 71.1 Å². The zero-order valence-electron chi connectivity index (χ0n) is 30.8. The minimum atomic E-state index is -3.13. The Morgan fingerprint density at radius 1 is 0.982 bits per heavy atom. The highest BCUT2D eigenvalue weighted by Crippen LogP contribution is 2.60. The Bertz CT molecular complexity index is 2210. The number of para-hydroxylation sites is 3. The Balaban J connectivity index is 1.14. The van der Waals surface area contributed by atoms with Crippen LogP contribution in [0.2, 0.25) is 18.6 Å². The van der Waals surface area contributed by atoms with Gasteiger partial charge in [0.05, 0.1) is 53.6 Å². The number of fused-ring (bicyclic) bond motifs is 4. The number of non-ortho nitro benzene ring substituents is 1. The Morgan fingerprint density at radius 3 is 2.40 bits per heavy atom. The predicted molar refractivity (Wildman–Crippen MR) is 206 cm³/mol. The van der Waals surface area contributed by atoms with Gasteiger partial charge in [0, 0.05) is 41.4 Å². The summed E-state index contributed by atoms with van der Waals surface area (Å²) in [7, 11) is -3.13. The van der Waals surface area contributed by atoms with Crippen LogP contribution in [0, 0.1) is 16.0 Å². The molecule has 5 atom stereocenters. The van der Waals surface area contributed by atoms with E-state index < -0.39 is 42.3 Å². The Labute approximate surface area is 319 Å². The van der Waals surface area contributed by atoms with Crippen molar-refractivity contribution in [3.05, 3.63) is 118 Å². The number of nitro groups is 1. The first-order valence-electron chi connectivity index (χ1n) is 18.5. The molecule has 4 aliphatic heterocycles. The number of hydrogen-bond donors (Lipinski definition) is 2. The largest absolute Gasteiger partial charge is 0.454 e. The van der Waals surface area contributed by atoms with Gasteiger partial charge >= 0.3 is 0 Å². The molecule has 4 aliphatic rings. The van der Waals surface area contributed by atoms with E-state index in [2.05, 4.69) is 0 Å². The van der Waals surface area contributed by atoms with Gasteiger partial charge in [0.1, 0.15) is 5.75 Å². The summed E-state index contributed by atoms with van der Waals surface area (Å²) in [6.07, 6.45) is 0.513. The Morgan fingerprint density at radius 2 is 1.69 bits per heavy atom. The number of likely N-dealkylation sites (tertiary alicyclic amines) is 1. The third-order valence-corrected chi connectivity index (χ3v) is 14.1. The molecule has 1 spiro atoms. The SMILES string of the molecule is C[C@H]1[C@H]([Si](C)(C)O)[C@@H](CC(=O)N2CCC[C@H]2CO)O[C@]12C(=O)N(Cc1ccc(N3C(=O)c4ccccc4Oc4ccccc43)cc1)c1ccc([N+](=O)[O-])cc12. The molecule has 0 radical (unpaired) electrons. The number of anilines is 3. The van der Waals surface area contributed by atoms with Gasteiger partial charge < -0.3 is 29.2 Å². The topological polar surface area (TPSA) is 163 Å². The zero-order valence-corrected chi connectivity index (χ0v) is 31.8. The lowest BCUT2D eigenvalue weighted by molar-refractivity contribution is -0.385. The monoisotopic (exact) mass is 762 g/mol. The molecule has 0 aromatic heterocycles. The zero-order chi connectivity index (χ0) is 38.8. The van der Waals surface area contributed by atoms with Gasteiger partial charge in [-0.05, 0) is 74.0 Å². The maximum absolute atomic E-state index is 15.0. The summed E-state index contributed by atoms with van der Waals surface area (Å²) >= 11 is 0. The molecule has 13 nitrogen and oxygen atoms in total. The summed E-state index contributed by atoms with van der Waals surface area (Å²) in [6, 6.07) is 25.6. The normalized spacial score (nSPS) is 24.4. The summed E-state index contributed by atoms with van der Waals surface area (Å²) in [4.78, 5) is 70.6. The van der Waals surface area contributed by atoms with Crippen molar-refractivity contribution < 1.29 is 38.7 Å². The molecule has 4 heterocycles. The lowest BCUT2D eigenvalue weighted by Gasteiger charge is -2.32. The predicted octanol–water partition coefficient (Wildman–Crippen LogP) is 6.40. The van der Waals surface area contributed by atoms with E-state index in [0.717, 1.165) is 12.0 Å². The fourth-order valence-corrected chi connectivity index (χ4v) is 11.7. The summed E-state index contributed by atoms with van der Waals surface area (Å²) in [5.74, 6) is -0.579. The van der Waals surface area contributed by atoms with Gasteiger partial charge in [0.25, 0.3) is 17.5 Å². The molecule has 55 heavy (non-hydrogen) atoms. The van der Waals surface area contributed by atoms with Crippen molar-refractivity contribution in [3.63, 3.8) is 0 Å². The molecule has 4 aromatic carbocycles. The molecule has 284 valence electrons. The fourth-order valence-electron chi connectivity index (χ4n) is 9.18. The van der Waals surface area contributed by atoms with Gasteiger partial charge in [0.15, 0.2) is 19.7 Å². The molecular weight excluding hydrogens is 721 g/mol. The molecular formula is C41H42N4O9Si. The molecule has 0 bridgehead atoms. The molecule has 2 N–H and O–H groups in total. The number of carbonyl (C=O) groups is 3. The maximum Gasteiger partial charge on any atom is 0.269 e. The third kappa shape index (κ3) is 6.00. The highest BCUT2D eigenvalue weighted by atomic mass is 28.4. The number of nitro benzene ring substituents is 1. The smallest absolute Gasteiger partial charge is 0.269 e. The minimum Gasteiger partial charge on any atom is -0.454 e. The van der Waals surface area contributed by atoms with Crippen LogP contribution < -0.4 is 14.5 Å². The molecule has 0 unspecified atom stereocenters. The van der Waals surface area contributed by atoms with Gasteiger partial charge in [-0.2, -0.15) is 0 Å². The van der Waals surface area contributed by atoms with Crippen LogP contribution in [0.4, 0.5) is 22.7 Å². The number of aliphatic hydroxyl groups excluding tert-OH is 1. The van der Waals surface area contributed by atoms with Gasteiger partial charge in [-0.1, -0.05) is 43.3 Å². The summed E-state index contributed by atoms with van der Waals surface area (Å²) in [5, 5.41) is 22.0. The second-order valence-electron chi connectivity index (χ2n) is 15.4. The number of benzene rings is 4. The van der Waals surface area contributed by atoms with Crippen molar-refractivity contribution in [1.82, 2.24) is 4.90 Å². The van der Waals surface area contributed by atoms with Crippen LogP contribution in [-0.2, 0) is 26.5 Å². The van der Waals surface area contributed by atoms with Crippen molar-refractivity contribution in [1.29, 1.82) is 0 Å². The first kappa shape index (κ1) is 36.6. The van der Waals surface area contributed by atoms with Crippen molar-refractivity contribution in [2.24, 2.45) is 5.92 Å². The number of aliphatic hydroxyl groups is 1. The fraction of sp³-hybridized carbons (Fsp3) is 0.341. The number of ether oxygens (including phenoxy) is 2. The van der Waals surface area contributed by atoms with Crippen LogP contribution in [0.5, 0.6) is 11.5 Å². The van der Waals surface area contributed by atoms with Gasteiger partial charge in [-0.25, -0.2) is 0 Å². The van der Waals surface area contributed by atoms with Gasteiger partial charge in [-0.15, -0.1) is 0 Å². The number of rotatable bonds is 8. The van der Waals surface area contributed by atoms with E-state index >= 15 is 0 Å². The third-order valence-electron chi connectivity index (χ3n) is 11.6. The first-order valence-corrected chi connectivity index (χ1v) is 21.6. The number of nitrogens with zero attached hydrogens (tertiary/aromatic N) is 4. The van der Waals surface area contributed by atoms with Gasteiger partial charge in [0.2, 0.25) is 5.91 Å². The van der Waals surface area contributed by atoms with E-state index in [9.17, 15) is 34.4 Å². The Hall–Kier alpha value is -5.41. The highest BCUT2D eigenvalue weighted by molar-refractivity contribution is 6.71. The number of amides is 3. The molecule has 2 fully saturated rings. The maximum atomic E-state index is 15.0. The molecule has 2 saturated heterocycles. The average Bonchev–Trinajstić information content (AvgIpc) is 3.80. The van der Waals surface area contributed by atoms with Crippen LogP contribution in [0.25, 0.3) is 0 Å². The van der Waals surface area contributed by atoms with Crippen LogP contribution in [0.15, 0.2) is 91.0 Å². The van der Waals surface area contributed by atoms with Gasteiger partial charge in [-0.3, -0.25) is 29.4 Å². The standard InChI is InChI=1S/C41H42N4O9Si/c1-25-38(55(2,3)52)36(22-37(47)42-20-8-9-29(42)24-46)54-41(25)31-21-28(45(50)51)18-19-32(31)43(40(41)49)23-26-14-16-27(17-15-26)44-33-11-5-7-13-35(33)53-34-12-6-4-10-30(34)39(44)48/h4-7,10-19,21,25,29,36,38,46,52H,8-9,20,22-24H2,1-3H3/t25-,29-,36+,38-,41+/m0/s1. The van der Waals surface area contributed by atoms with E-state index in [1.165, 1.54) is 12.1 Å². The molecule has 0 saturated carbocycles. The second kappa shape index (κ2) is 13.7. The van der Waals surface area contributed by atoms with Crippen LogP contribution in [0.3, 0.4) is 0 Å². The molecule has 8 rings (SSSR count). The quantitative estimate of drug-likeness (QED) is 0.118. The summed E-state index contributed by atoms with van der Waals surface area (Å²) in [6.45, 7) is 5.76. The highest BCUT2D eigenvalue weighted by Gasteiger charge is 2.67. The van der Waals surface area contributed by atoms with E-state index in [4.69, 9.17) is 9.47 Å². The lowest BCUT2D eigenvalue weighted by Crippen LogP contribution is -2.46. The van der Waals surface area contributed by atoms with E-state index in [1.54, 1.807) is 70.3 Å². The first-order chi connectivity index (χ1) is 26.3. The number of carbonyl (C=O) groups excluding carboxylic acids is 3. The molecule has 14 heteroatoms. The van der Waals surface area contributed by atoms with Crippen molar-refractivity contribution in [2.45, 2.75) is 69.1 Å². The Kier molecular flexibility index (Phi) is 9.11. The number of hydrogen-bond acceptors (Lipinski definition) is 9. The second-order valence-corrected chi connectivity index (χ2v) is 19.3. The van der Waals surface area contributed by atoms with Crippen molar-refractivity contribution in [3.8, 4) is 11.5 Å².